The zero-order chi connectivity index (χ0) is 11.5. The van der Waals surface area contributed by atoms with Gasteiger partial charge in [0, 0.05) is 6.04 Å². The lowest BCUT2D eigenvalue weighted by molar-refractivity contribution is -0.138. The summed E-state index contributed by atoms with van der Waals surface area (Å²) in [6, 6.07) is 5.98. The van der Waals surface area contributed by atoms with E-state index in [1.807, 2.05) is 19.1 Å². The van der Waals surface area contributed by atoms with E-state index in [0.717, 1.165) is 12.0 Å². The average molecular weight is 254 g/mol. The lowest BCUT2D eigenvalue weighted by atomic mass is 10.0. The molecule has 0 aromatic heterocycles. The maximum absolute atomic E-state index is 12.1. The Labute approximate surface area is 99.2 Å². The molecule has 5 heteroatoms. The molecule has 0 spiro atoms. The van der Waals surface area contributed by atoms with Gasteiger partial charge in [-0.15, -0.1) is 12.4 Å². The molecule has 1 aromatic rings. The zero-order valence-corrected chi connectivity index (χ0v) is 9.74. The Morgan fingerprint density at radius 3 is 2.06 bits per heavy atom. The van der Waals surface area contributed by atoms with Crippen LogP contribution in [0.1, 0.15) is 30.5 Å². The fourth-order valence-corrected chi connectivity index (χ4v) is 1.37. The number of nitrogens with two attached hydrogens (primary N) is 1. The van der Waals surface area contributed by atoms with Gasteiger partial charge in [0.2, 0.25) is 0 Å². The van der Waals surface area contributed by atoms with E-state index in [1.54, 1.807) is 12.1 Å². The smallest absolute Gasteiger partial charge is 0.324 e. The lowest BCUT2D eigenvalue weighted by Crippen LogP contribution is -2.20. The highest BCUT2D eigenvalue weighted by Gasteiger charge is 2.30. The molecule has 1 atom stereocenters. The Hall–Kier alpha value is -0.740. The minimum absolute atomic E-state index is 0. The number of benzene rings is 1. The monoisotopic (exact) mass is 253 g/mol. The van der Waals surface area contributed by atoms with E-state index in [4.69, 9.17) is 5.73 Å². The molecule has 0 heterocycles. The predicted molar refractivity (Wildman–Crippen MR) is 60.7 cm³/mol. The number of hydrogen-bond donors (Lipinski definition) is 1. The molecule has 1 nitrogen and oxygen atoms in total. The van der Waals surface area contributed by atoms with E-state index < -0.39 is 18.6 Å². The van der Waals surface area contributed by atoms with Crippen LogP contribution in [0.25, 0.3) is 0 Å². The van der Waals surface area contributed by atoms with Gasteiger partial charge in [0.05, 0.1) is 6.42 Å². The predicted octanol–water partition coefficient (Wildman–Crippen LogP) is 3.62. The van der Waals surface area contributed by atoms with Crippen LogP contribution < -0.4 is 5.73 Å². The van der Waals surface area contributed by atoms with Crippen LogP contribution in [0.15, 0.2) is 24.3 Å². The topological polar surface area (TPSA) is 26.0 Å². The van der Waals surface area contributed by atoms with Crippen molar-refractivity contribution in [3.63, 3.8) is 0 Å². The van der Waals surface area contributed by atoms with Crippen molar-refractivity contribution in [1.29, 1.82) is 0 Å². The number of aryl methyl sites for hydroxylation is 1. The fraction of sp³-hybridized carbons (Fsp3) is 0.455. The Morgan fingerprint density at radius 2 is 1.69 bits per heavy atom. The second kappa shape index (κ2) is 6.11. The first kappa shape index (κ1) is 15.3. The minimum Gasteiger partial charge on any atom is -0.324 e. The maximum Gasteiger partial charge on any atom is 0.390 e. The highest BCUT2D eigenvalue weighted by Crippen LogP contribution is 2.27. The molecule has 1 aromatic carbocycles. The van der Waals surface area contributed by atoms with E-state index in [1.165, 1.54) is 0 Å². The normalized spacial score (nSPS) is 13.1. The molecule has 0 bridgehead atoms. The molecule has 0 saturated heterocycles. The lowest BCUT2D eigenvalue weighted by Gasteiger charge is -2.14. The van der Waals surface area contributed by atoms with Crippen LogP contribution in [0.3, 0.4) is 0 Å². The van der Waals surface area contributed by atoms with Crippen LogP contribution in [-0.2, 0) is 6.42 Å². The van der Waals surface area contributed by atoms with Crippen molar-refractivity contribution in [3.05, 3.63) is 35.4 Å². The first-order chi connectivity index (χ1) is 6.92. The largest absolute Gasteiger partial charge is 0.390 e. The average Bonchev–Trinajstić information content (AvgIpc) is 2.15. The van der Waals surface area contributed by atoms with Gasteiger partial charge in [-0.2, -0.15) is 13.2 Å². The van der Waals surface area contributed by atoms with Gasteiger partial charge in [0.25, 0.3) is 0 Å². The molecular weight excluding hydrogens is 239 g/mol. The van der Waals surface area contributed by atoms with Crippen LogP contribution >= 0.6 is 12.4 Å². The number of alkyl halides is 3. The van der Waals surface area contributed by atoms with E-state index in [2.05, 4.69) is 0 Å². The number of rotatable bonds is 3. The molecule has 92 valence electrons. The van der Waals surface area contributed by atoms with Crippen LogP contribution in [0.5, 0.6) is 0 Å². The summed E-state index contributed by atoms with van der Waals surface area (Å²) in [6.45, 7) is 1.99. The van der Waals surface area contributed by atoms with Crippen LogP contribution in [0, 0.1) is 0 Å². The first-order valence-electron chi connectivity index (χ1n) is 4.83. The van der Waals surface area contributed by atoms with Crippen LogP contribution in [-0.4, -0.2) is 6.18 Å². The first-order valence-corrected chi connectivity index (χ1v) is 4.83. The van der Waals surface area contributed by atoms with Gasteiger partial charge in [-0.05, 0) is 17.5 Å². The third kappa shape index (κ3) is 4.86. The molecule has 0 unspecified atom stereocenters. The van der Waals surface area contributed by atoms with Crippen molar-refractivity contribution in [2.24, 2.45) is 5.73 Å². The zero-order valence-electron chi connectivity index (χ0n) is 8.92. The molecule has 0 aliphatic rings. The summed E-state index contributed by atoms with van der Waals surface area (Å²) in [6.07, 6.45) is -4.31. The van der Waals surface area contributed by atoms with Gasteiger partial charge in [-0.25, -0.2) is 0 Å². The highest BCUT2D eigenvalue weighted by atomic mass is 35.5. The van der Waals surface area contributed by atoms with Gasteiger partial charge >= 0.3 is 6.18 Å². The molecule has 0 saturated carbocycles. The van der Waals surface area contributed by atoms with Crippen molar-refractivity contribution < 1.29 is 13.2 Å². The highest BCUT2D eigenvalue weighted by molar-refractivity contribution is 5.85. The summed E-state index contributed by atoms with van der Waals surface area (Å²) < 4.78 is 36.2. The fourth-order valence-electron chi connectivity index (χ4n) is 1.37. The van der Waals surface area contributed by atoms with Gasteiger partial charge < -0.3 is 5.73 Å². The van der Waals surface area contributed by atoms with Crippen molar-refractivity contribution in [1.82, 2.24) is 0 Å². The SMILES string of the molecule is CCc1ccc([C@H](N)CC(F)(F)F)cc1.Cl. The van der Waals surface area contributed by atoms with Crippen molar-refractivity contribution in [3.8, 4) is 0 Å². The molecule has 1 rings (SSSR count). The van der Waals surface area contributed by atoms with Gasteiger partial charge in [-0.1, -0.05) is 31.2 Å². The van der Waals surface area contributed by atoms with Gasteiger partial charge in [0.1, 0.15) is 0 Å². The Morgan fingerprint density at radius 1 is 1.19 bits per heavy atom. The Bertz CT molecular complexity index is 308. The van der Waals surface area contributed by atoms with Gasteiger partial charge in [0.15, 0.2) is 0 Å². The third-order valence-corrected chi connectivity index (χ3v) is 2.27. The molecular formula is C11H15ClF3N. The summed E-state index contributed by atoms with van der Waals surface area (Å²) in [4.78, 5) is 0. The molecule has 0 radical (unpaired) electrons. The maximum atomic E-state index is 12.1. The Balaban J connectivity index is 0.00000225. The van der Waals surface area contributed by atoms with E-state index in [0.29, 0.717) is 5.56 Å². The minimum atomic E-state index is -4.21. The summed E-state index contributed by atoms with van der Waals surface area (Å²) in [7, 11) is 0. The quantitative estimate of drug-likeness (QED) is 0.875. The van der Waals surface area contributed by atoms with E-state index in [-0.39, 0.29) is 12.4 Å². The molecule has 0 aliphatic carbocycles. The van der Waals surface area contributed by atoms with Crippen molar-refractivity contribution in [2.45, 2.75) is 32.0 Å². The number of hydrogen-bond acceptors (Lipinski definition) is 1. The van der Waals surface area contributed by atoms with E-state index in [9.17, 15) is 13.2 Å². The van der Waals surface area contributed by atoms with Crippen molar-refractivity contribution in [2.75, 3.05) is 0 Å². The van der Waals surface area contributed by atoms with Crippen LogP contribution in [0.4, 0.5) is 13.2 Å². The molecule has 2 N–H and O–H groups in total. The second-order valence-corrected chi connectivity index (χ2v) is 3.52. The summed E-state index contributed by atoms with van der Waals surface area (Å²) in [5.41, 5.74) is 7.08. The summed E-state index contributed by atoms with van der Waals surface area (Å²) in [5, 5.41) is 0. The molecule has 16 heavy (non-hydrogen) atoms. The van der Waals surface area contributed by atoms with E-state index >= 15 is 0 Å². The Kier molecular flexibility index (Phi) is 5.83. The molecule has 0 aliphatic heterocycles. The summed E-state index contributed by atoms with van der Waals surface area (Å²) in [5.74, 6) is 0. The van der Waals surface area contributed by atoms with Crippen LogP contribution in [0.2, 0.25) is 0 Å². The summed E-state index contributed by atoms with van der Waals surface area (Å²) >= 11 is 0. The molecule has 0 amide bonds. The molecule has 0 fully saturated rings. The van der Waals surface area contributed by atoms with Gasteiger partial charge in [-0.3, -0.25) is 0 Å². The van der Waals surface area contributed by atoms with Crippen molar-refractivity contribution >= 4 is 12.4 Å². The number of halogens is 4. The second-order valence-electron chi connectivity index (χ2n) is 3.52. The standard InChI is InChI=1S/C11H14F3N.ClH/c1-2-8-3-5-9(6-4-8)10(15)7-11(12,13)14;/h3-6,10H,2,7,15H2,1H3;1H/t10-;/m1./s1. The third-order valence-electron chi connectivity index (χ3n) is 2.27.